The van der Waals surface area contributed by atoms with Crippen LogP contribution in [0.2, 0.25) is 10.0 Å². The third kappa shape index (κ3) is 2.48. The van der Waals surface area contributed by atoms with E-state index in [-0.39, 0.29) is 0 Å². The van der Waals surface area contributed by atoms with Gasteiger partial charge in [-0.25, -0.2) is 0 Å². The molecule has 0 spiro atoms. The highest BCUT2D eigenvalue weighted by atomic mass is 35.5. The molecule has 3 nitrogen and oxygen atoms in total. The van der Waals surface area contributed by atoms with Gasteiger partial charge in [-0.2, -0.15) is 15.4 Å². The smallest absolute Gasteiger partial charge is 0.120 e. The lowest BCUT2D eigenvalue weighted by atomic mass is 10.1. The van der Waals surface area contributed by atoms with Gasteiger partial charge in [-0.1, -0.05) is 47.5 Å². The maximum absolute atomic E-state index is 5.89. The van der Waals surface area contributed by atoms with Crippen molar-refractivity contribution in [2.24, 2.45) is 0 Å². The van der Waals surface area contributed by atoms with Crippen molar-refractivity contribution in [3.05, 3.63) is 58.6 Å². The number of H-pyrrole nitrogens is 1. The summed E-state index contributed by atoms with van der Waals surface area (Å²) in [6, 6.07) is 15.0. The van der Waals surface area contributed by atoms with Crippen molar-refractivity contribution < 1.29 is 0 Å². The molecule has 0 saturated heterocycles. The Balaban J connectivity index is 2.07. The second-order valence-corrected chi connectivity index (χ2v) is 4.91. The lowest BCUT2D eigenvalue weighted by molar-refractivity contribution is 0.944. The lowest BCUT2D eigenvalue weighted by Crippen LogP contribution is -1.83. The van der Waals surface area contributed by atoms with E-state index in [1.54, 1.807) is 0 Å². The van der Waals surface area contributed by atoms with E-state index in [2.05, 4.69) is 15.4 Å². The van der Waals surface area contributed by atoms with Gasteiger partial charge >= 0.3 is 0 Å². The highest BCUT2D eigenvalue weighted by Crippen LogP contribution is 2.29. The Morgan fingerprint density at radius 2 is 1.00 bits per heavy atom. The number of benzene rings is 2. The van der Waals surface area contributed by atoms with Crippen LogP contribution in [0.1, 0.15) is 0 Å². The van der Waals surface area contributed by atoms with Crippen LogP contribution >= 0.6 is 23.2 Å². The van der Waals surface area contributed by atoms with Crippen LogP contribution in [0.4, 0.5) is 0 Å². The average molecular weight is 290 g/mol. The molecule has 0 radical (unpaired) electrons. The molecule has 1 aromatic heterocycles. The number of aromatic amines is 1. The van der Waals surface area contributed by atoms with Crippen LogP contribution in [0.25, 0.3) is 22.5 Å². The number of aromatic nitrogens is 3. The highest BCUT2D eigenvalue weighted by molar-refractivity contribution is 6.31. The highest BCUT2D eigenvalue weighted by Gasteiger charge is 2.12. The third-order valence-electron chi connectivity index (χ3n) is 2.78. The summed E-state index contributed by atoms with van der Waals surface area (Å²) in [6.07, 6.45) is 0. The molecule has 0 bridgehead atoms. The first-order chi connectivity index (χ1) is 9.24. The number of nitrogens with one attached hydrogen (secondary N) is 1. The molecule has 0 unspecified atom stereocenters. The molecule has 19 heavy (non-hydrogen) atoms. The summed E-state index contributed by atoms with van der Waals surface area (Å²) < 4.78 is 0. The van der Waals surface area contributed by atoms with Gasteiger partial charge in [-0.05, 0) is 24.3 Å². The van der Waals surface area contributed by atoms with Crippen molar-refractivity contribution in [1.29, 1.82) is 0 Å². The molecule has 0 fully saturated rings. The van der Waals surface area contributed by atoms with Crippen molar-refractivity contribution in [1.82, 2.24) is 15.4 Å². The minimum absolute atomic E-state index is 0.695. The Labute approximate surface area is 120 Å². The lowest BCUT2D eigenvalue weighted by Gasteiger charge is -2.01. The summed E-state index contributed by atoms with van der Waals surface area (Å²) in [6.45, 7) is 0. The molecule has 94 valence electrons. The Kier molecular flexibility index (Phi) is 3.23. The van der Waals surface area contributed by atoms with E-state index in [0.29, 0.717) is 10.0 Å². The van der Waals surface area contributed by atoms with Gasteiger partial charge in [-0.3, -0.25) is 0 Å². The van der Waals surface area contributed by atoms with Gasteiger partial charge in [0.25, 0.3) is 0 Å². The molecule has 5 heteroatoms. The zero-order valence-corrected chi connectivity index (χ0v) is 11.3. The van der Waals surface area contributed by atoms with Gasteiger partial charge in [0.15, 0.2) is 0 Å². The zero-order valence-electron chi connectivity index (χ0n) is 9.77. The van der Waals surface area contributed by atoms with Crippen LogP contribution in [0, 0.1) is 0 Å². The van der Waals surface area contributed by atoms with E-state index >= 15 is 0 Å². The van der Waals surface area contributed by atoms with Gasteiger partial charge in [-0.15, -0.1) is 0 Å². The van der Waals surface area contributed by atoms with E-state index < -0.39 is 0 Å². The molecule has 1 heterocycles. The average Bonchev–Trinajstić information content (AvgIpc) is 2.90. The quantitative estimate of drug-likeness (QED) is 0.757. The molecule has 0 aliphatic rings. The molecule has 2 aromatic carbocycles. The van der Waals surface area contributed by atoms with E-state index in [0.717, 1.165) is 22.5 Å². The van der Waals surface area contributed by atoms with Gasteiger partial charge < -0.3 is 0 Å². The molecule has 0 aliphatic heterocycles. The fourth-order valence-corrected chi connectivity index (χ4v) is 2.10. The third-order valence-corrected chi connectivity index (χ3v) is 3.29. The van der Waals surface area contributed by atoms with Crippen molar-refractivity contribution in [3.63, 3.8) is 0 Å². The first-order valence-electron chi connectivity index (χ1n) is 5.67. The SMILES string of the molecule is Clc1ccc(-c2n[nH]nc2-c2ccc(Cl)cc2)cc1. The predicted octanol–water partition coefficient (Wildman–Crippen LogP) is 4.45. The molecule has 3 aromatic rings. The summed E-state index contributed by atoms with van der Waals surface area (Å²) in [5.41, 5.74) is 3.50. The monoisotopic (exact) mass is 289 g/mol. The van der Waals surface area contributed by atoms with Crippen LogP contribution in [0.15, 0.2) is 48.5 Å². The molecular weight excluding hydrogens is 281 g/mol. The van der Waals surface area contributed by atoms with Gasteiger partial charge in [0.1, 0.15) is 11.4 Å². The summed E-state index contributed by atoms with van der Waals surface area (Å²) in [7, 11) is 0. The maximum Gasteiger partial charge on any atom is 0.120 e. The van der Waals surface area contributed by atoms with Crippen LogP contribution in [-0.2, 0) is 0 Å². The zero-order chi connectivity index (χ0) is 13.2. The number of hydrogen-bond donors (Lipinski definition) is 1. The topological polar surface area (TPSA) is 41.6 Å². The molecule has 0 saturated carbocycles. The van der Waals surface area contributed by atoms with Crippen LogP contribution < -0.4 is 0 Å². The van der Waals surface area contributed by atoms with Crippen LogP contribution in [0.5, 0.6) is 0 Å². The van der Waals surface area contributed by atoms with Crippen LogP contribution in [0.3, 0.4) is 0 Å². The van der Waals surface area contributed by atoms with Crippen LogP contribution in [-0.4, -0.2) is 15.4 Å². The fourth-order valence-electron chi connectivity index (χ4n) is 1.85. The standard InChI is InChI=1S/C14H9Cl2N3/c15-11-5-1-9(2-6-11)13-14(18-19-17-13)10-3-7-12(16)8-4-10/h1-8H,(H,17,18,19). The number of nitrogens with zero attached hydrogens (tertiary/aromatic N) is 2. The first-order valence-corrected chi connectivity index (χ1v) is 6.42. The molecular formula is C14H9Cl2N3. The second-order valence-electron chi connectivity index (χ2n) is 4.03. The van der Waals surface area contributed by atoms with E-state index in [1.165, 1.54) is 0 Å². The van der Waals surface area contributed by atoms with Crippen molar-refractivity contribution in [3.8, 4) is 22.5 Å². The van der Waals surface area contributed by atoms with Crippen molar-refractivity contribution >= 4 is 23.2 Å². The molecule has 3 rings (SSSR count). The predicted molar refractivity (Wildman–Crippen MR) is 77.3 cm³/mol. The number of halogens is 2. The maximum atomic E-state index is 5.89. The Morgan fingerprint density at radius 1 is 0.632 bits per heavy atom. The number of rotatable bonds is 2. The Morgan fingerprint density at radius 3 is 1.37 bits per heavy atom. The van der Waals surface area contributed by atoms with Gasteiger partial charge in [0.2, 0.25) is 0 Å². The van der Waals surface area contributed by atoms with Crippen molar-refractivity contribution in [2.75, 3.05) is 0 Å². The molecule has 0 amide bonds. The summed E-state index contributed by atoms with van der Waals surface area (Å²) in [4.78, 5) is 0. The van der Waals surface area contributed by atoms with Gasteiger partial charge in [0, 0.05) is 21.2 Å². The molecule has 1 N–H and O–H groups in total. The van der Waals surface area contributed by atoms with Gasteiger partial charge in [0.05, 0.1) is 0 Å². The van der Waals surface area contributed by atoms with E-state index in [9.17, 15) is 0 Å². The fraction of sp³-hybridized carbons (Fsp3) is 0. The summed E-state index contributed by atoms with van der Waals surface area (Å²) in [5, 5.41) is 12.5. The Hall–Kier alpha value is -1.84. The molecule has 0 aliphatic carbocycles. The van der Waals surface area contributed by atoms with E-state index in [1.807, 2.05) is 48.5 Å². The van der Waals surface area contributed by atoms with E-state index in [4.69, 9.17) is 23.2 Å². The molecule has 0 atom stereocenters. The largest absolute Gasteiger partial charge is 0.197 e. The van der Waals surface area contributed by atoms with Crippen molar-refractivity contribution in [2.45, 2.75) is 0 Å². The summed E-state index contributed by atoms with van der Waals surface area (Å²) in [5.74, 6) is 0. The summed E-state index contributed by atoms with van der Waals surface area (Å²) >= 11 is 11.8. The minimum atomic E-state index is 0.695. The first kappa shape index (κ1) is 12.2. The Bertz CT molecular complexity index is 627. The second kappa shape index (κ2) is 5.03. The number of hydrogen-bond acceptors (Lipinski definition) is 2. The normalized spacial score (nSPS) is 10.6. The minimum Gasteiger partial charge on any atom is -0.197 e.